The topological polar surface area (TPSA) is 37.3 Å². The Bertz CT molecular complexity index is 544. The zero-order chi connectivity index (χ0) is 12.3. The standard InChI is InChI=1S/C13H9ClO2S/c14-12(10-7-4-8-17-10)11(13(15)16)9-5-2-1-3-6-9/h1-8H,(H,15,16). The van der Waals surface area contributed by atoms with Gasteiger partial charge in [0.15, 0.2) is 0 Å². The lowest BCUT2D eigenvalue weighted by molar-refractivity contribution is -0.130. The molecule has 0 bridgehead atoms. The van der Waals surface area contributed by atoms with Crippen molar-refractivity contribution in [2.24, 2.45) is 0 Å². The molecule has 0 saturated carbocycles. The number of halogens is 1. The van der Waals surface area contributed by atoms with E-state index in [4.69, 9.17) is 11.6 Å². The Labute approximate surface area is 108 Å². The number of hydrogen-bond donors (Lipinski definition) is 1. The molecule has 0 unspecified atom stereocenters. The minimum Gasteiger partial charge on any atom is -0.478 e. The highest BCUT2D eigenvalue weighted by Gasteiger charge is 2.17. The first-order valence-electron chi connectivity index (χ1n) is 4.92. The molecule has 2 aromatic rings. The SMILES string of the molecule is O=C(O)C(=C(Cl)c1cccs1)c1ccccc1. The van der Waals surface area contributed by atoms with E-state index in [0.717, 1.165) is 4.88 Å². The van der Waals surface area contributed by atoms with Crippen LogP contribution in [0.25, 0.3) is 10.6 Å². The van der Waals surface area contributed by atoms with Gasteiger partial charge in [0.25, 0.3) is 0 Å². The van der Waals surface area contributed by atoms with Crippen LogP contribution in [0.3, 0.4) is 0 Å². The van der Waals surface area contributed by atoms with Gasteiger partial charge >= 0.3 is 5.97 Å². The second-order valence-electron chi connectivity index (χ2n) is 3.34. The third-order valence-corrected chi connectivity index (χ3v) is 3.63. The van der Waals surface area contributed by atoms with Gasteiger partial charge in [-0.1, -0.05) is 48.0 Å². The summed E-state index contributed by atoms with van der Waals surface area (Å²) in [5.74, 6) is -1.02. The summed E-state index contributed by atoms with van der Waals surface area (Å²) in [6.45, 7) is 0. The van der Waals surface area contributed by atoms with Crippen molar-refractivity contribution >= 4 is 39.5 Å². The smallest absolute Gasteiger partial charge is 0.337 e. The van der Waals surface area contributed by atoms with Crippen molar-refractivity contribution in [2.45, 2.75) is 0 Å². The number of carboxylic acid groups (broad SMARTS) is 1. The monoisotopic (exact) mass is 264 g/mol. The molecule has 0 aliphatic rings. The zero-order valence-electron chi connectivity index (χ0n) is 8.76. The van der Waals surface area contributed by atoms with E-state index < -0.39 is 5.97 Å². The maximum Gasteiger partial charge on any atom is 0.337 e. The molecule has 17 heavy (non-hydrogen) atoms. The van der Waals surface area contributed by atoms with Crippen molar-refractivity contribution in [3.05, 3.63) is 58.3 Å². The zero-order valence-corrected chi connectivity index (χ0v) is 10.3. The Morgan fingerprint density at radius 1 is 1.12 bits per heavy atom. The first-order chi connectivity index (χ1) is 8.20. The van der Waals surface area contributed by atoms with Crippen LogP contribution in [0.15, 0.2) is 47.8 Å². The Balaban J connectivity index is 2.57. The van der Waals surface area contributed by atoms with Gasteiger partial charge in [-0.25, -0.2) is 4.79 Å². The molecule has 0 spiro atoms. The molecular weight excluding hydrogens is 256 g/mol. The summed E-state index contributed by atoms with van der Waals surface area (Å²) >= 11 is 7.57. The molecule has 1 heterocycles. The summed E-state index contributed by atoms with van der Waals surface area (Å²) in [6, 6.07) is 12.5. The van der Waals surface area contributed by atoms with Gasteiger partial charge in [-0.3, -0.25) is 0 Å². The highest BCUT2D eigenvalue weighted by atomic mass is 35.5. The predicted octanol–water partition coefficient (Wildman–Crippen LogP) is 3.94. The van der Waals surface area contributed by atoms with Crippen LogP contribution in [0.5, 0.6) is 0 Å². The quantitative estimate of drug-likeness (QED) is 0.853. The van der Waals surface area contributed by atoms with E-state index in [0.29, 0.717) is 5.56 Å². The molecule has 1 aromatic carbocycles. The summed E-state index contributed by atoms with van der Waals surface area (Å²) < 4.78 is 0. The number of benzene rings is 1. The molecule has 2 rings (SSSR count). The van der Waals surface area contributed by atoms with E-state index in [1.165, 1.54) is 11.3 Å². The van der Waals surface area contributed by atoms with Gasteiger partial charge in [0.1, 0.15) is 0 Å². The van der Waals surface area contributed by atoms with Crippen molar-refractivity contribution < 1.29 is 9.90 Å². The average Bonchev–Trinajstić information content (AvgIpc) is 2.83. The number of hydrogen-bond acceptors (Lipinski definition) is 2. The summed E-state index contributed by atoms with van der Waals surface area (Å²) in [5, 5.41) is 11.4. The normalized spacial score (nSPS) is 12.1. The molecule has 1 N–H and O–H groups in total. The van der Waals surface area contributed by atoms with Gasteiger partial charge in [-0.2, -0.15) is 0 Å². The van der Waals surface area contributed by atoms with E-state index in [-0.39, 0.29) is 10.6 Å². The van der Waals surface area contributed by atoms with E-state index in [9.17, 15) is 9.90 Å². The van der Waals surface area contributed by atoms with Crippen molar-refractivity contribution in [1.82, 2.24) is 0 Å². The molecule has 86 valence electrons. The molecule has 0 atom stereocenters. The fourth-order valence-electron chi connectivity index (χ4n) is 1.48. The maximum atomic E-state index is 11.3. The third kappa shape index (κ3) is 2.57. The van der Waals surface area contributed by atoms with Crippen LogP contribution in [0.1, 0.15) is 10.4 Å². The fraction of sp³-hybridized carbons (Fsp3) is 0. The molecule has 0 saturated heterocycles. The lowest BCUT2D eigenvalue weighted by Crippen LogP contribution is -2.01. The lowest BCUT2D eigenvalue weighted by Gasteiger charge is -2.05. The summed E-state index contributed by atoms with van der Waals surface area (Å²) in [4.78, 5) is 12.1. The van der Waals surface area contributed by atoms with Gasteiger partial charge in [0.2, 0.25) is 0 Å². The second kappa shape index (κ2) is 5.17. The Kier molecular flexibility index (Phi) is 3.61. The number of carbonyl (C=O) groups is 1. The van der Waals surface area contributed by atoms with Crippen LogP contribution in [0, 0.1) is 0 Å². The van der Waals surface area contributed by atoms with E-state index in [2.05, 4.69) is 0 Å². The molecule has 0 aliphatic carbocycles. The summed E-state index contributed by atoms with van der Waals surface area (Å²) in [5.41, 5.74) is 0.744. The van der Waals surface area contributed by atoms with Gasteiger partial charge in [0, 0.05) is 4.88 Å². The number of thiophene rings is 1. The van der Waals surface area contributed by atoms with Gasteiger partial charge < -0.3 is 5.11 Å². The molecular formula is C13H9ClO2S. The molecule has 1 aromatic heterocycles. The molecule has 0 radical (unpaired) electrons. The number of rotatable bonds is 3. The average molecular weight is 265 g/mol. The van der Waals surface area contributed by atoms with Crippen molar-refractivity contribution in [2.75, 3.05) is 0 Å². The molecule has 0 amide bonds. The number of aliphatic carboxylic acids is 1. The Morgan fingerprint density at radius 3 is 2.35 bits per heavy atom. The van der Waals surface area contributed by atoms with Crippen LogP contribution < -0.4 is 0 Å². The largest absolute Gasteiger partial charge is 0.478 e. The fourth-order valence-corrected chi connectivity index (χ4v) is 2.53. The van der Waals surface area contributed by atoms with Crippen LogP contribution in [0.2, 0.25) is 0 Å². The van der Waals surface area contributed by atoms with Gasteiger partial charge in [-0.15, -0.1) is 11.3 Å². The van der Waals surface area contributed by atoms with Crippen LogP contribution in [-0.2, 0) is 4.79 Å². The first kappa shape index (κ1) is 11.9. The van der Waals surface area contributed by atoms with Crippen LogP contribution in [-0.4, -0.2) is 11.1 Å². The highest BCUT2D eigenvalue weighted by molar-refractivity contribution is 7.12. The second-order valence-corrected chi connectivity index (χ2v) is 4.66. The summed E-state index contributed by atoms with van der Waals surface area (Å²) in [6.07, 6.45) is 0. The van der Waals surface area contributed by atoms with E-state index >= 15 is 0 Å². The van der Waals surface area contributed by atoms with Crippen molar-refractivity contribution in [3.8, 4) is 0 Å². The summed E-state index contributed by atoms with van der Waals surface area (Å²) in [7, 11) is 0. The van der Waals surface area contributed by atoms with Crippen LogP contribution >= 0.6 is 22.9 Å². The maximum absolute atomic E-state index is 11.3. The molecule has 0 fully saturated rings. The van der Waals surface area contributed by atoms with E-state index in [1.54, 1.807) is 30.3 Å². The lowest BCUT2D eigenvalue weighted by atomic mass is 10.1. The molecule has 2 nitrogen and oxygen atoms in total. The first-order valence-corrected chi connectivity index (χ1v) is 6.18. The number of carboxylic acids is 1. The Morgan fingerprint density at radius 2 is 1.82 bits per heavy atom. The Hall–Kier alpha value is -1.58. The molecule has 4 heteroatoms. The van der Waals surface area contributed by atoms with Gasteiger partial charge in [0.05, 0.1) is 10.6 Å². The molecule has 0 aliphatic heterocycles. The van der Waals surface area contributed by atoms with Crippen LogP contribution in [0.4, 0.5) is 0 Å². The van der Waals surface area contributed by atoms with Gasteiger partial charge in [-0.05, 0) is 17.0 Å². The van der Waals surface area contributed by atoms with Crippen molar-refractivity contribution in [3.63, 3.8) is 0 Å². The third-order valence-electron chi connectivity index (χ3n) is 2.23. The van der Waals surface area contributed by atoms with Crippen molar-refractivity contribution in [1.29, 1.82) is 0 Å². The minimum atomic E-state index is -1.02. The minimum absolute atomic E-state index is 0.134. The highest BCUT2D eigenvalue weighted by Crippen LogP contribution is 2.32. The van der Waals surface area contributed by atoms with E-state index in [1.807, 2.05) is 17.5 Å². The predicted molar refractivity (Wildman–Crippen MR) is 71.1 cm³/mol.